The van der Waals surface area contributed by atoms with Crippen LogP contribution in [0.5, 0.6) is 0 Å². The van der Waals surface area contributed by atoms with Crippen molar-refractivity contribution in [1.82, 2.24) is 9.97 Å². The van der Waals surface area contributed by atoms with Crippen LogP contribution in [-0.4, -0.2) is 9.97 Å². The molecule has 2 aromatic heterocycles. The van der Waals surface area contributed by atoms with E-state index in [1.54, 1.807) is 23.7 Å². The van der Waals surface area contributed by atoms with Crippen LogP contribution in [0.2, 0.25) is 0 Å². The van der Waals surface area contributed by atoms with Gasteiger partial charge in [0.25, 0.3) is 0 Å². The maximum Gasteiger partial charge on any atom is 0.124 e. The lowest BCUT2D eigenvalue weighted by molar-refractivity contribution is 1.31. The number of nitrogens with zero attached hydrogens (tertiary/aromatic N) is 2. The van der Waals surface area contributed by atoms with Crippen molar-refractivity contribution in [2.24, 2.45) is 0 Å². The molecule has 0 fully saturated rings. The molecule has 2 heterocycles. The molecular weight excluding hydrogens is 308 g/mol. The Bertz CT molecular complexity index is 647. The molecule has 0 aliphatic rings. The molecule has 0 N–H and O–H groups in total. The van der Waals surface area contributed by atoms with E-state index >= 15 is 0 Å². The fourth-order valence-corrected chi connectivity index (χ4v) is 2.75. The van der Waals surface area contributed by atoms with Gasteiger partial charge in [-0.15, -0.1) is 11.3 Å². The number of rotatable bonds is 2. The highest BCUT2D eigenvalue weighted by molar-refractivity contribution is 9.10. The highest BCUT2D eigenvalue weighted by atomic mass is 79.9. The van der Waals surface area contributed by atoms with Gasteiger partial charge in [-0.05, 0) is 24.3 Å². The lowest BCUT2D eigenvalue weighted by Crippen LogP contribution is -1.79. The first kappa shape index (κ1) is 11.6. The monoisotopic (exact) mass is 316 g/mol. The van der Waals surface area contributed by atoms with Crippen LogP contribution in [0.25, 0.3) is 21.8 Å². The van der Waals surface area contributed by atoms with E-state index in [2.05, 4.69) is 43.4 Å². The van der Waals surface area contributed by atoms with Gasteiger partial charge in [-0.2, -0.15) is 0 Å². The van der Waals surface area contributed by atoms with Gasteiger partial charge in [0.15, 0.2) is 0 Å². The number of pyridine rings is 1. The zero-order valence-corrected chi connectivity index (χ0v) is 11.8. The summed E-state index contributed by atoms with van der Waals surface area (Å²) in [5.41, 5.74) is 3.24. The Kier molecular flexibility index (Phi) is 3.21. The molecule has 0 bridgehead atoms. The second kappa shape index (κ2) is 5.00. The van der Waals surface area contributed by atoms with Gasteiger partial charge in [-0.1, -0.05) is 28.1 Å². The van der Waals surface area contributed by atoms with Gasteiger partial charge in [0.05, 0.1) is 5.69 Å². The van der Waals surface area contributed by atoms with Crippen LogP contribution < -0.4 is 0 Å². The molecule has 0 amide bonds. The minimum absolute atomic E-state index is 1.00. The number of halogens is 1. The fraction of sp³-hybridized carbons (Fsp3) is 0. The second-order valence-corrected chi connectivity index (χ2v) is 5.55. The molecule has 0 spiro atoms. The zero-order valence-electron chi connectivity index (χ0n) is 9.38. The molecule has 0 saturated carbocycles. The zero-order chi connectivity index (χ0) is 12.4. The number of hydrogen-bond acceptors (Lipinski definition) is 3. The van der Waals surface area contributed by atoms with Crippen molar-refractivity contribution in [3.8, 4) is 21.8 Å². The average Bonchev–Trinajstić information content (AvgIpc) is 2.90. The Balaban J connectivity index is 1.97. The summed E-state index contributed by atoms with van der Waals surface area (Å²) < 4.78 is 1.08. The van der Waals surface area contributed by atoms with Crippen molar-refractivity contribution in [3.05, 3.63) is 58.6 Å². The summed E-state index contributed by atoms with van der Waals surface area (Å²) in [6.07, 6.45) is 3.57. The maximum absolute atomic E-state index is 4.66. The van der Waals surface area contributed by atoms with Gasteiger partial charge in [-0.3, -0.25) is 4.98 Å². The number of thiazole rings is 1. The Morgan fingerprint density at radius 1 is 0.889 bits per heavy atom. The minimum Gasteiger partial charge on any atom is -0.265 e. The minimum atomic E-state index is 1.00. The summed E-state index contributed by atoms with van der Waals surface area (Å²) in [4.78, 5) is 8.67. The second-order valence-electron chi connectivity index (χ2n) is 3.78. The first-order chi connectivity index (χ1) is 8.83. The fourth-order valence-electron chi connectivity index (χ4n) is 1.65. The summed E-state index contributed by atoms with van der Waals surface area (Å²) >= 11 is 5.09. The number of benzene rings is 1. The predicted molar refractivity (Wildman–Crippen MR) is 78.5 cm³/mol. The van der Waals surface area contributed by atoms with E-state index in [1.165, 1.54) is 0 Å². The molecule has 2 nitrogen and oxygen atoms in total. The standard InChI is InChI=1S/C14H9BrN2S/c15-12-3-1-11(2-4-12)14-17-13(9-18-14)10-5-7-16-8-6-10/h1-9H. The molecule has 0 atom stereocenters. The summed E-state index contributed by atoms with van der Waals surface area (Å²) in [6, 6.07) is 12.1. The van der Waals surface area contributed by atoms with Gasteiger partial charge < -0.3 is 0 Å². The highest BCUT2D eigenvalue weighted by Crippen LogP contribution is 2.29. The number of hydrogen-bond donors (Lipinski definition) is 0. The Labute approximate surface area is 117 Å². The Morgan fingerprint density at radius 2 is 1.61 bits per heavy atom. The van der Waals surface area contributed by atoms with Crippen LogP contribution in [-0.2, 0) is 0 Å². The van der Waals surface area contributed by atoms with Crippen LogP contribution >= 0.6 is 27.3 Å². The quantitative estimate of drug-likeness (QED) is 0.688. The van der Waals surface area contributed by atoms with Crippen LogP contribution in [0.1, 0.15) is 0 Å². The van der Waals surface area contributed by atoms with Crippen molar-refractivity contribution in [2.45, 2.75) is 0 Å². The third-order valence-corrected chi connectivity index (χ3v) is 3.99. The molecule has 0 unspecified atom stereocenters. The summed E-state index contributed by atoms with van der Waals surface area (Å²) in [7, 11) is 0. The van der Waals surface area contributed by atoms with Crippen molar-refractivity contribution >= 4 is 27.3 Å². The van der Waals surface area contributed by atoms with Gasteiger partial charge in [-0.25, -0.2) is 4.98 Å². The van der Waals surface area contributed by atoms with E-state index in [4.69, 9.17) is 0 Å². The Hall–Kier alpha value is -1.52. The molecule has 0 radical (unpaired) electrons. The van der Waals surface area contributed by atoms with E-state index in [1.807, 2.05) is 24.3 Å². The van der Waals surface area contributed by atoms with Crippen LogP contribution in [0, 0.1) is 0 Å². The number of aromatic nitrogens is 2. The van der Waals surface area contributed by atoms with E-state index < -0.39 is 0 Å². The molecule has 1 aromatic carbocycles. The van der Waals surface area contributed by atoms with Crippen LogP contribution in [0.15, 0.2) is 58.6 Å². The molecule has 0 saturated heterocycles. The highest BCUT2D eigenvalue weighted by Gasteiger charge is 2.06. The molecule has 18 heavy (non-hydrogen) atoms. The normalized spacial score (nSPS) is 10.5. The SMILES string of the molecule is Brc1ccc(-c2nc(-c3ccncc3)cs2)cc1. The van der Waals surface area contributed by atoms with E-state index in [0.29, 0.717) is 0 Å². The van der Waals surface area contributed by atoms with Crippen molar-refractivity contribution in [2.75, 3.05) is 0 Å². The average molecular weight is 317 g/mol. The van der Waals surface area contributed by atoms with Crippen molar-refractivity contribution in [1.29, 1.82) is 0 Å². The van der Waals surface area contributed by atoms with Gasteiger partial charge in [0.1, 0.15) is 5.01 Å². The summed E-state index contributed by atoms with van der Waals surface area (Å²) in [6.45, 7) is 0. The predicted octanol–water partition coefficient (Wildman–Crippen LogP) is 4.63. The lowest BCUT2D eigenvalue weighted by atomic mass is 10.2. The van der Waals surface area contributed by atoms with Crippen LogP contribution in [0.3, 0.4) is 0 Å². The van der Waals surface area contributed by atoms with Crippen molar-refractivity contribution < 1.29 is 0 Å². The van der Waals surface area contributed by atoms with E-state index in [9.17, 15) is 0 Å². The Morgan fingerprint density at radius 3 is 2.33 bits per heavy atom. The molecule has 0 aliphatic heterocycles. The largest absolute Gasteiger partial charge is 0.265 e. The van der Waals surface area contributed by atoms with Gasteiger partial charge >= 0.3 is 0 Å². The molecular formula is C14H9BrN2S. The molecule has 88 valence electrons. The first-order valence-corrected chi connectivity index (χ1v) is 7.12. The van der Waals surface area contributed by atoms with Crippen molar-refractivity contribution in [3.63, 3.8) is 0 Å². The van der Waals surface area contributed by atoms with Gasteiger partial charge in [0.2, 0.25) is 0 Å². The lowest BCUT2D eigenvalue weighted by Gasteiger charge is -1.96. The summed E-state index contributed by atoms with van der Waals surface area (Å²) in [5, 5.41) is 3.11. The maximum atomic E-state index is 4.66. The molecule has 4 heteroatoms. The smallest absolute Gasteiger partial charge is 0.124 e. The topological polar surface area (TPSA) is 25.8 Å². The van der Waals surface area contributed by atoms with Crippen LogP contribution in [0.4, 0.5) is 0 Å². The summed E-state index contributed by atoms with van der Waals surface area (Å²) in [5.74, 6) is 0. The third-order valence-electron chi connectivity index (χ3n) is 2.57. The molecule has 3 rings (SSSR count). The third kappa shape index (κ3) is 2.35. The molecule has 3 aromatic rings. The first-order valence-electron chi connectivity index (χ1n) is 5.45. The van der Waals surface area contributed by atoms with E-state index in [0.717, 1.165) is 26.3 Å². The molecule has 0 aliphatic carbocycles. The van der Waals surface area contributed by atoms with Gasteiger partial charge in [0, 0.05) is 33.4 Å². The van der Waals surface area contributed by atoms with E-state index in [-0.39, 0.29) is 0 Å².